The Balaban J connectivity index is 2.04. The molecular formula is C20H26N2O3. The van der Waals surface area contributed by atoms with Crippen molar-refractivity contribution in [3.05, 3.63) is 54.2 Å². The SMILES string of the molecule is CCCCC(C)(NC(C)c1ccc(Oc2ccccc2)nc1)C(=O)O. The van der Waals surface area contributed by atoms with Gasteiger partial charge in [0.15, 0.2) is 0 Å². The predicted molar refractivity (Wildman–Crippen MR) is 97.9 cm³/mol. The summed E-state index contributed by atoms with van der Waals surface area (Å²) in [7, 11) is 0. The van der Waals surface area contributed by atoms with Crippen molar-refractivity contribution >= 4 is 5.97 Å². The third kappa shape index (κ3) is 5.29. The molecule has 1 aromatic heterocycles. The molecule has 0 radical (unpaired) electrons. The Morgan fingerprint density at radius 1 is 1.28 bits per heavy atom. The first-order chi connectivity index (χ1) is 11.9. The lowest BCUT2D eigenvalue weighted by molar-refractivity contribution is -0.144. The van der Waals surface area contributed by atoms with Crippen molar-refractivity contribution in [2.24, 2.45) is 0 Å². The van der Waals surface area contributed by atoms with Crippen molar-refractivity contribution in [3.63, 3.8) is 0 Å². The number of nitrogens with one attached hydrogen (secondary N) is 1. The lowest BCUT2D eigenvalue weighted by Gasteiger charge is -2.30. The zero-order chi connectivity index (χ0) is 18.3. The van der Waals surface area contributed by atoms with Crippen LogP contribution in [0.2, 0.25) is 0 Å². The number of carboxylic acids is 1. The van der Waals surface area contributed by atoms with Crippen LogP contribution in [0.15, 0.2) is 48.7 Å². The highest BCUT2D eigenvalue weighted by molar-refractivity contribution is 5.78. The molecule has 0 amide bonds. The zero-order valence-electron chi connectivity index (χ0n) is 15.0. The molecule has 0 saturated heterocycles. The molecule has 0 fully saturated rings. The summed E-state index contributed by atoms with van der Waals surface area (Å²) in [4.78, 5) is 16.0. The number of aliphatic carboxylic acids is 1. The Bertz CT molecular complexity index is 673. The van der Waals surface area contributed by atoms with E-state index in [4.69, 9.17) is 4.74 Å². The fraction of sp³-hybridized carbons (Fsp3) is 0.400. The Kier molecular flexibility index (Phi) is 6.53. The molecule has 0 aliphatic heterocycles. The summed E-state index contributed by atoms with van der Waals surface area (Å²) in [6.07, 6.45) is 4.14. The summed E-state index contributed by atoms with van der Waals surface area (Å²) in [6, 6.07) is 13.0. The summed E-state index contributed by atoms with van der Waals surface area (Å²) in [5, 5.41) is 12.8. The van der Waals surface area contributed by atoms with Crippen LogP contribution in [0.1, 0.15) is 51.6 Å². The number of unbranched alkanes of at least 4 members (excludes halogenated alkanes) is 1. The number of hydrogen-bond acceptors (Lipinski definition) is 4. The molecule has 2 aromatic rings. The average molecular weight is 342 g/mol. The molecule has 0 bridgehead atoms. The van der Waals surface area contributed by atoms with Crippen LogP contribution < -0.4 is 10.1 Å². The molecule has 5 nitrogen and oxygen atoms in total. The first kappa shape index (κ1) is 18.9. The third-order valence-electron chi connectivity index (χ3n) is 4.26. The number of carboxylic acid groups (broad SMARTS) is 1. The van der Waals surface area contributed by atoms with Gasteiger partial charge in [0.1, 0.15) is 11.3 Å². The lowest BCUT2D eigenvalue weighted by atomic mass is 9.93. The molecular weight excluding hydrogens is 316 g/mol. The van der Waals surface area contributed by atoms with Crippen LogP contribution in [0.4, 0.5) is 0 Å². The van der Waals surface area contributed by atoms with E-state index in [9.17, 15) is 9.90 Å². The van der Waals surface area contributed by atoms with E-state index < -0.39 is 11.5 Å². The van der Waals surface area contributed by atoms with Crippen molar-refractivity contribution in [3.8, 4) is 11.6 Å². The van der Waals surface area contributed by atoms with Crippen LogP contribution in [0.3, 0.4) is 0 Å². The van der Waals surface area contributed by atoms with Gasteiger partial charge in [-0.15, -0.1) is 0 Å². The van der Waals surface area contributed by atoms with Crippen LogP contribution in [0.5, 0.6) is 11.6 Å². The van der Waals surface area contributed by atoms with E-state index in [1.807, 2.05) is 43.3 Å². The van der Waals surface area contributed by atoms with E-state index >= 15 is 0 Å². The maximum atomic E-state index is 11.7. The minimum absolute atomic E-state index is 0.128. The zero-order valence-corrected chi connectivity index (χ0v) is 15.0. The molecule has 1 aromatic carbocycles. The maximum absolute atomic E-state index is 11.7. The van der Waals surface area contributed by atoms with E-state index in [1.54, 1.807) is 19.2 Å². The van der Waals surface area contributed by atoms with E-state index in [1.165, 1.54) is 0 Å². The Labute approximate surface area is 149 Å². The van der Waals surface area contributed by atoms with Gasteiger partial charge in [-0.1, -0.05) is 44.0 Å². The van der Waals surface area contributed by atoms with Gasteiger partial charge < -0.3 is 9.84 Å². The molecule has 2 N–H and O–H groups in total. The number of aromatic nitrogens is 1. The van der Waals surface area contributed by atoms with Gasteiger partial charge in [0.25, 0.3) is 0 Å². The number of nitrogens with zero attached hydrogens (tertiary/aromatic N) is 1. The summed E-state index contributed by atoms with van der Waals surface area (Å²) in [5.41, 5.74) is -0.0290. The highest BCUT2D eigenvalue weighted by atomic mass is 16.5. The predicted octanol–water partition coefficient (Wildman–Crippen LogP) is 4.56. The highest BCUT2D eigenvalue weighted by Crippen LogP contribution is 2.23. The van der Waals surface area contributed by atoms with E-state index in [0.717, 1.165) is 24.2 Å². The van der Waals surface area contributed by atoms with Crippen LogP contribution in [0, 0.1) is 0 Å². The third-order valence-corrected chi connectivity index (χ3v) is 4.26. The maximum Gasteiger partial charge on any atom is 0.323 e. The summed E-state index contributed by atoms with van der Waals surface area (Å²) in [5.74, 6) is 0.408. The molecule has 134 valence electrons. The molecule has 0 spiro atoms. The van der Waals surface area contributed by atoms with E-state index in [-0.39, 0.29) is 6.04 Å². The van der Waals surface area contributed by atoms with Crippen LogP contribution in [-0.2, 0) is 4.79 Å². The number of ether oxygens (including phenoxy) is 1. The minimum Gasteiger partial charge on any atom is -0.480 e. The second-order valence-corrected chi connectivity index (χ2v) is 6.45. The molecule has 5 heteroatoms. The topological polar surface area (TPSA) is 71.5 Å². The molecule has 2 atom stereocenters. The number of rotatable bonds is 9. The molecule has 0 aliphatic rings. The van der Waals surface area contributed by atoms with Crippen molar-refractivity contribution in [2.75, 3.05) is 0 Å². The van der Waals surface area contributed by atoms with Gasteiger partial charge in [0.2, 0.25) is 5.88 Å². The van der Waals surface area contributed by atoms with Crippen molar-refractivity contribution in [1.29, 1.82) is 0 Å². The molecule has 0 saturated carbocycles. The van der Waals surface area contributed by atoms with Gasteiger partial charge in [-0.25, -0.2) is 4.98 Å². The van der Waals surface area contributed by atoms with Crippen molar-refractivity contribution in [2.45, 2.75) is 51.6 Å². The lowest BCUT2D eigenvalue weighted by Crippen LogP contribution is -2.50. The normalized spacial score (nSPS) is 14.5. The highest BCUT2D eigenvalue weighted by Gasteiger charge is 2.33. The number of para-hydroxylation sites is 1. The number of carbonyl (C=O) groups is 1. The van der Waals surface area contributed by atoms with Crippen LogP contribution in [-0.4, -0.2) is 21.6 Å². The molecule has 2 rings (SSSR count). The Morgan fingerprint density at radius 3 is 2.56 bits per heavy atom. The fourth-order valence-corrected chi connectivity index (χ4v) is 2.65. The number of benzene rings is 1. The number of pyridine rings is 1. The first-order valence-electron chi connectivity index (χ1n) is 8.64. The van der Waals surface area contributed by atoms with Gasteiger partial charge in [0.05, 0.1) is 0 Å². The quantitative estimate of drug-likeness (QED) is 0.699. The van der Waals surface area contributed by atoms with Crippen LogP contribution >= 0.6 is 0 Å². The largest absolute Gasteiger partial charge is 0.480 e. The monoisotopic (exact) mass is 342 g/mol. The summed E-state index contributed by atoms with van der Waals surface area (Å²) >= 11 is 0. The van der Waals surface area contributed by atoms with Gasteiger partial charge in [-0.05, 0) is 38.0 Å². The molecule has 2 unspecified atom stereocenters. The fourth-order valence-electron chi connectivity index (χ4n) is 2.65. The second kappa shape index (κ2) is 8.62. The Morgan fingerprint density at radius 2 is 2.00 bits per heavy atom. The molecule has 0 aliphatic carbocycles. The summed E-state index contributed by atoms with van der Waals surface area (Å²) < 4.78 is 5.68. The Hall–Kier alpha value is -2.40. The number of hydrogen-bond donors (Lipinski definition) is 2. The van der Waals surface area contributed by atoms with Gasteiger partial charge >= 0.3 is 5.97 Å². The average Bonchev–Trinajstić information content (AvgIpc) is 2.61. The van der Waals surface area contributed by atoms with Gasteiger partial charge in [-0.3, -0.25) is 10.1 Å². The van der Waals surface area contributed by atoms with E-state index in [2.05, 4.69) is 17.2 Å². The van der Waals surface area contributed by atoms with E-state index in [0.29, 0.717) is 12.3 Å². The molecule has 1 heterocycles. The van der Waals surface area contributed by atoms with Gasteiger partial charge in [-0.2, -0.15) is 0 Å². The van der Waals surface area contributed by atoms with Crippen molar-refractivity contribution in [1.82, 2.24) is 10.3 Å². The van der Waals surface area contributed by atoms with Crippen LogP contribution in [0.25, 0.3) is 0 Å². The van der Waals surface area contributed by atoms with Crippen molar-refractivity contribution < 1.29 is 14.6 Å². The summed E-state index contributed by atoms with van der Waals surface area (Å²) in [6.45, 7) is 5.74. The standard InChI is InChI=1S/C20H26N2O3/c1-4-5-13-20(3,19(23)24)22-15(2)16-11-12-18(21-14-16)25-17-9-7-6-8-10-17/h6-12,14-15,22H,4-5,13H2,1-3H3,(H,23,24). The molecule has 25 heavy (non-hydrogen) atoms. The first-order valence-corrected chi connectivity index (χ1v) is 8.64. The smallest absolute Gasteiger partial charge is 0.323 e. The van der Waals surface area contributed by atoms with Gasteiger partial charge in [0, 0.05) is 18.3 Å². The second-order valence-electron chi connectivity index (χ2n) is 6.45. The minimum atomic E-state index is -0.950.